The van der Waals surface area contributed by atoms with Crippen molar-refractivity contribution in [3.05, 3.63) is 29.8 Å². The van der Waals surface area contributed by atoms with Gasteiger partial charge in [0.25, 0.3) is 0 Å². The lowest BCUT2D eigenvalue weighted by Gasteiger charge is -2.31. The number of carboxylic acid groups (broad SMARTS) is 1. The van der Waals surface area contributed by atoms with Crippen molar-refractivity contribution in [2.75, 3.05) is 7.11 Å². The largest absolute Gasteiger partial charge is 0.497 e. The number of amides is 1. The maximum atomic E-state index is 12.5. The van der Waals surface area contributed by atoms with Gasteiger partial charge in [0.15, 0.2) is 0 Å². The second-order valence-corrected chi connectivity index (χ2v) is 6.61. The summed E-state index contributed by atoms with van der Waals surface area (Å²) in [4.78, 5) is 25.3. The molecule has 2 rings (SSSR count). The monoisotopic (exact) mass is 321 g/mol. The summed E-state index contributed by atoms with van der Waals surface area (Å²) in [5.41, 5.74) is 0.202. The first-order chi connectivity index (χ1) is 10.7. The fourth-order valence-electron chi connectivity index (χ4n) is 2.78. The third-order valence-corrected chi connectivity index (χ3v) is 3.78. The van der Waals surface area contributed by atoms with Gasteiger partial charge in [-0.05, 0) is 51.3 Å². The van der Waals surface area contributed by atoms with Crippen LogP contribution in [0.2, 0.25) is 0 Å². The van der Waals surface area contributed by atoms with Gasteiger partial charge >= 0.3 is 12.1 Å². The Morgan fingerprint density at radius 1 is 1.17 bits per heavy atom. The summed E-state index contributed by atoms with van der Waals surface area (Å²) >= 11 is 0. The number of methoxy groups -OCH3 is 1. The van der Waals surface area contributed by atoms with Gasteiger partial charge in [-0.2, -0.15) is 0 Å². The standard InChI is InChI=1S/C17H23NO5/c1-17(2,3)23-16(21)18-13(9-10-14(18)15(19)20)11-5-7-12(22-4)8-6-11/h5-8,13-14H,9-10H2,1-4H3,(H,19,20)/t13-,14+/m0/s1. The van der Waals surface area contributed by atoms with Crippen LogP contribution >= 0.6 is 0 Å². The summed E-state index contributed by atoms with van der Waals surface area (Å²) in [6, 6.07) is 6.14. The van der Waals surface area contributed by atoms with Crippen molar-refractivity contribution in [1.82, 2.24) is 4.90 Å². The van der Waals surface area contributed by atoms with Gasteiger partial charge in [-0.25, -0.2) is 9.59 Å². The predicted molar refractivity (Wildman–Crippen MR) is 84.5 cm³/mol. The van der Waals surface area contributed by atoms with E-state index >= 15 is 0 Å². The van der Waals surface area contributed by atoms with E-state index in [4.69, 9.17) is 9.47 Å². The van der Waals surface area contributed by atoms with Crippen LogP contribution in [0, 0.1) is 0 Å². The topological polar surface area (TPSA) is 76.1 Å². The second-order valence-electron chi connectivity index (χ2n) is 6.61. The number of likely N-dealkylation sites (tertiary alicyclic amines) is 1. The van der Waals surface area contributed by atoms with E-state index in [1.807, 2.05) is 12.1 Å². The van der Waals surface area contributed by atoms with Crippen LogP contribution in [0.3, 0.4) is 0 Å². The van der Waals surface area contributed by atoms with Gasteiger partial charge in [0, 0.05) is 0 Å². The minimum atomic E-state index is -1.01. The molecule has 6 nitrogen and oxygen atoms in total. The Balaban J connectivity index is 2.29. The molecule has 126 valence electrons. The zero-order valence-corrected chi connectivity index (χ0v) is 13.9. The minimum absolute atomic E-state index is 0.308. The van der Waals surface area contributed by atoms with Crippen LogP contribution < -0.4 is 4.74 Å². The maximum Gasteiger partial charge on any atom is 0.411 e. The minimum Gasteiger partial charge on any atom is -0.497 e. The van der Waals surface area contributed by atoms with E-state index in [1.165, 1.54) is 4.90 Å². The number of hydrogen-bond donors (Lipinski definition) is 1. The molecule has 1 fully saturated rings. The van der Waals surface area contributed by atoms with Crippen molar-refractivity contribution in [3.8, 4) is 5.75 Å². The van der Waals surface area contributed by atoms with Crippen LogP contribution in [0.5, 0.6) is 5.75 Å². The highest BCUT2D eigenvalue weighted by Crippen LogP contribution is 2.37. The van der Waals surface area contributed by atoms with E-state index in [-0.39, 0.29) is 6.04 Å². The molecule has 0 radical (unpaired) electrons. The highest BCUT2D eigenvalue weighted by molar-refractivity contribution is 5.81. The zero-order chi connectivity index (χ0) is 17.2. The van der Waals surface area contributed by atoms with Crippen LogP contribution in [0.4, 0.5) is 4.79 Å². The van der Waals surface area contributed by atoms with Crippen molar-refractivity contribution >= 4 is 12.1 Å². The maximum absolute atomic E-state index is 12.5. The number of carboxylic acids is 1. The smallest absolute Gasteiger partial charge is 0.411 e. The average Bonchev–Trinajstić information content (AvgIpc) is 2.90. The predicted octanol–water partition coefficient (Wildman–Crippen LogP) is 3.22. The third kappa shape index (κ3) is 3.94. The Bertz CT molecular complexity index is 576. The van der Waals surface area contributed by atoms with Gasteiger partial charge in [-0.3, -0.25) is 4.90 Å². The number of benzene rings is 1. The number of nitrogens with zero attached hydrogens (tertiary/aromatic N) is 1. The van der Waals surface area contributed by atoms with E-state index in [1.54, 1.807) is 40.0 Å². The molecular weight excluding hydrogens is 298 g/mol. The van der Waals surface area contributed by atoms with E-state index in [0.29, 0.717) is 18.6 Å². The van der Waals surface area contributed by atoms with Gasteiger partial charge < -0.3 is 14.6 Å². The lowest BCUT2D eigenvalue weighted by Crippen LogP contribution is -2.44. The molecule has 1 aromatic rings. The fraction of sp³-hybridized carbons (Fsp3) is 0.529. The Kier molecular flexibility index (Phi) is 4.82. The van der Waals surface area contributed by atoms with Crippen LogP contribution in [-0.2, 0) is 9.53 Å². The van der Waals surface area contributed by atoms with Crippen molar-refractivity contribution < 1.29 is 24.2 Å². The van der Waals surface area contributed by atoms with Crippen molar-refractivity contribution in [1.29, 1.82) is 0 Å². The summed E-state index contributed by atoms with van der Waals surface area (Å²) in [5, 5.41) is 9.41. The van der Waals surface area contributed by atoms with Crippen LogP contribution in [-0.4, -0.2) is 40.8 Å². The Hall–Kier alpha value is -2.24. The van der Waals surface area contributed by atoms with Crippen molar-refractivity contribution in [2.24, 2.45) is 0 Å². The molecule has 1 amide bonds. The summed E-state index contributed by atoms with van der Waals surface area (Å²) in [5.74, 6) is -0.294. The van der Waals surface area contributed by atoms with Crippen molar-refractivity contribution in [2.45, 2.75) is 51.3 Å². The Labute approximate surface area is 136 Å². The van der Waals surface area contributed by atoms with Gasteiger partial charge in [0.05, 0.1) is 13.2 Å². The number of carbonyl (C=O) groups is 2. The molecular formula is C17H23NO5. The highest BCUT2D eigenvalue weighted by Gasteiger charge is 2.43. The molecule has 1 aliphatic heterocycles. The van der Waals surface area contributed by atoms with Gasteiger partial charge in [0.1, 0.15) is 17.4 Å². The molecule has 0 aromatic heterocycles. The normalized spacial score (nSPS) is 21.1. The van der Waals surface area contributed by atoms with Crippen LogP contribution in [0.1, 0.15) is 45.2 Å². The first kappa shape index (κ1) is 17.1. The first-order valence-corrected chi connectivity index (χ1v) is 7.61. The summed E-state index contributed by atoms with van der Waals surface area (Å²) in [7, 11) is 1.58. The molecule has 1 N–H and O–H groups in total. The van der Waals surface area contributed by atoms with E-state index in [9.17, 15) is 14.7 Å². The average molecular weight is 321 g/mol. The molecule has 6 heteroatoms. The van der Waals surface area contributed by atoms with Crippen LogP contribution in [0.15, 0.2) is 24.3 Å². The number of rotatable bonds is 3. The molecule has 23 heavy (non-hydrogen) atoms. The highest BCUT2D eigenvalue weighted by atomic mass is 16.6. The number of ether oxygens (including phenoxy) is 2. The van der Waals surface area contributed by atoms with E-state index in [0.717, 1.165) is 5.56 Å². The third-order valence-electron chi connectivity index (χ3n) is 3.78. The van der Waals surface area contributed by atoms with E-state index in [2.05, 4.69) is 0 Å². The lowest BCUT2D eigenvalue weighted by atomic mass is 10.0. The first-order valence-electron chi connectivity index (χ1n) is 7.61. The number of carbonyl (C=O) groups excluding carboxylic acids is 1. The summed E-state index contributed by atoms with van der Waals surface area (Å²) in [6.45, 7) is 5.29. The van der Waals surface area contributed by atoms with Crippen LogP contribution in [0.25, 0.3) is 0 Å². The molecule has 1 heterocycles. The van der Waals surface area contributed by atoms with Gasteiger partial charge in [-0.15, -0.1) is 0 Å². The number of hydrogen-bond acceptors (Lipinski definition) is 4. The Morgan fingerprint density at radius 3 is 2.26 bits per heavy atom. The molecule has 0 bridgehead atoms. The number of aliphatic carboxylic acids is 1. The Morgan fingerprint density at radius 2 is 1.78 bits per heavy atom. The van der Waals surface area contributed by atoms with E-state index < -0.39 is 23.7 Å². The zero-order valence-electron chi connectivity index (χ0n) is 13.9. The summed E-state index contributed by atoms with van der Waals surface area (Å²) < 4.78 is 10.5. The molecule has 0 unspecified atom stereocenters. The molecule has 2 atom stereocenters. The lowest BCUT2D eigenvalue weighted by molar-refractivity contribution is -0.142. The quantitative estimate of drug-likeness (QED) is 0.925. The SMILES string of the molecule is COc1ccc([C@@H]2CC[C@H](C(=O)O)N2C(=O)OC(C)(C)C)cc1. The second kappa shape index (κ2) is 6.48. The van der Waals surface area contributed by atoms with Crippen molar-refractivity contribution in [3.63, 3.8) is 0 Å². The molecule has 0 saturated carbocycles. The molecule has 0 aliphatic carbocycles. The molecule has 1 saturated heterocycles. The molecule has 1 aromatic carbocycles. The van der Waals surface area contributed by atoms with Gasteiger partial charge in [0.2, 0.25) is 0 Å². The summed E-state index contributed by atoms with van der Waals surface area (Å²) in [6.07, 6.45) is 0.400. The van der Waals surface area contributed by atoms with Gasteiger partial charge in [-0.1, -0.05) is 12.1 Å². The molecule has 1 aliphatic rings. The fourth-order valence-corrected chi connectivity index (χ4v) is 2.78. The molecule has 0 spiro atoms.